The predicted molar refractivity (Wildman–Crippen MR) is 247 cm³/mol. The van der Waals surface area contributed by atoms with Gasteiger partial charge in [-0.2, -0.15) is 0 Å². The molecule has 3 N–H and O–H groups in total. The molecular formula is C49H80NO7P. The average molecular weight is 826 g/mol. The molecule has 0 saturated heterocycles. The van der Waals surface area contributed by atoms with Crippen molar-refractivity contribution in [2.45, 2.75) is 148 Å². The summed E-state index contributed by atoms with van der Waals surface area (Å²) in [4.78, 5) is 22.5. The molecule has 0 bridgehead atoms. The maximum atomic E-state index is 12.6. The number of unbranched alkanes of at least 4 members (excludes halogenated alkanes) is 7. The Labute approximate surface area is 354 Å². The summed E-state index contributed by atoms with van der Waals surface area (Å²) in [5.41, 5.74) is 5.37. The molecule has 0 fully saturated rings. The van der Waals surface area contributed by atoms with Crippen LogP contribution in [0, 0.1) is 0 Å². The first-order valence-corrected chi connectivity index (χ1v) is 23.5. The van der Waals surface area contributed by atoms with Gasteiger partial charge < -0.3 is 20.1 Å². The van der Waals surface area contributed by atoms with Crippen LogP contribution in [0.3, 0.4) is 0 Å². The van der Waals surface area contributed by atoms with Gasteiger partial charge in [-0.1, -0.05) is 155 Å². The molecule has 2 atom stereocenters. The Morgan fingerprint density at radius 2 is 0.914 bits per heavy atom. The summed E-state index contributed by atoms with van der Waals surface area (Å²) >= 11 is 0. The van der Waals surface area contributed by atoms with Crippen LogP contribution in [-0.4, -0.2) is 49.9 Å². The molecule has 0 radical (unpaired) electrons. The topological polar surface area (TPSA) is 117 Å². The van der Waals surface area contributed by atoms with Gasteiger partial charge in [-0.05, 0) is 103 Å². The minimum absolute atomic E-state index is 0.0761. The SMILES string of the molecule is CC/C=C\C/C=C\C/C=C\C/C=C\C/C=C\CCCCCCOCC(COP(=O)(O)OCCN)OC(=O)CCCCC/C=C\C/C=C\C/C=C\C/C=C\C/C=C\CC. The Kier molecular flexibility index (Phi) is 42.6. The number of carbonyl (C=O) groups is 1. The molecule has 0 aromatic heterocycles. The van der Waals surface area contributed by atoms with Crippen LogP contribution in [0.5, 0.6) is 0 Å². The van der Waals surface area contributed by atoms with Crippen LogP contribution in [0.25, 0.3) is 0 Å². The van der Waals surface area contributed by atoms with Crippen molar-refractivity contribution in [2.75, 3.05) is 33.0 Å². The molecule has 0 aliphatic rings. The number of phosphoric ester groups is 1. The van der Waals surface area contributed by atoms with E-state index < -0.39 is 13.9 Å². The van der Waals surface area contributed by atoms with E-state index in [0.717, 1.165) is 116 Å². The lowest BCUT2D eigenvalue weighted by atomic mass is 10.1. The third kappa shape index (κ3) is 44.0. The van der Waals surface area contributed by atoms with Crippen LogP contribution < -0.4 is 5.73 Å². The zero-order valence-electron chi connectivity index (χ0n) is 36.2. The quantitative estimate of drug-likeness (QED) is 0.0271. The number of allylic oxidation sites excluding steroid dienone is 20. The number of hydrogen-bond donors (Lipinski definition) is 2. The molecule has 0 saturated carbocycles. The summed E-state index contributed by atoms with van der Waals surface area (Å²) in [6, 6.07) is 0. The second-order valence-electron chi connectivity index (χ2n) is 13.8. The molecule has 0 aliphatic heterocycles. The van der Waals surface area contributed by atoms with Crippen LogP contribution in [0.15, 0.2) is 122 Å². The third-order valence-corrected chi connectivity index (χ3v) is 9.36. The van der Waals surface area contributed by atoms with Crippen LogP contribution in [0.2, 0.25) is 0 Å². The Morgan fingerprint density at radius 1 is 0.517 bits per heavy atom. The van der Waals surface area contributed by atoms with E-state index in [1.54, 1.807) is 0 Å². The van der Waals surface area contributed by atoms with E-state index in [-0.39, 0.29) is 38.8 Å². The fourth-order valence-corrected chi connectivity index (χ4v) is 5.99. The third-order valence-electron chi connectivity index (χ3n) is 8.37. The number of nitrogens with two attached hydrogens (primary N) is 1. The van der Waals surface area contributed by atoms with Crippen molar-refractivity contribution in [1.82, 2.24) is 0 Å². The largest absolute Gasteiger partial charge is 0.472 e. The molecule has 0 amide bonds. The van der Waals surface area contributed by atoms with E-state index in [2.05, 4.69) is 135 Å². The lowest BCUT2D eigenvalue weighted by molar-refractivity contribution is -0.154. The normalized spacial score (nSPS) is 14.6. The van der Waals surface area contributed by atoms with Gasteiger partial charge in [0, 0.05) is 19.6 Å². The fraction of sp³-hybridized carbons (Fsp3) is 0.571. The minimum atomic E-state index is -4.31. The second-order valence-corrected chi connectivity index (χ2v) is 15.2. The molecule has 0 aromatic carbocycles. The molecule has 0 spiro atoms. The van der Waals surface area contributed by atoms with Gasteiger partial charge in [0.15, 0.2) is 0 Å². The molecule has 0 rings (SSSR count). The Morgan fingerprint density at radius 3 is 1.34 bits per heavy atom. The maximum absolute atomic E-state index is 12.6. The second kappa shape index (κ2) is 45.0. The van der Waals surface area contributed by atoms with E-state index in [1.165, 1.54) is 0 Å². The standard InChI is InChI=1S/C49H80NO7P/c1-3-5-7-9-11-13-15-17-19-21-23-25-27-29-31-33-35-37-39-41-44-54-46-48(47-56-58(52,53)55-45-43-50)57-49(51)42-40-38-36-34-32-30-28-26-24-22-20-18-16-14-12-10-8-6-4-2/h5-8,11-14,17-20,23-26,29-32,48H,3-4,9-10,15-16,21-22,27-28,33-47,50H2,1-2H3,(H,52,53)/b7-5-,8-6-,13-11-,14-12-,19-17-,20-18-,25-23-,26-24-,31-29-,32-30-. The maximum Gasteiger partial charge on any atom is 0.472 e. The number of phosphoric acid groups is 1. The van der Waals surface area contributed by atoms with Crippen LogP contribution >= 0.6 is 7.82 Å². The van der Waals surface area contributed by atoms with Crippen molar-refractivity contribution in [3.05, 3.63) is 122 Å². The number of ether oxygens (including phenoxy) is 2. The summed E-state index contributed by atoms with van der Waals surface area (Å²) in [5, 5.41) is 0. The Balaban J connectivity index is 4.19. The van der Waals surface area contributed by atoms with Gasteiger partial charge in [-0.15, -0.1) is 0 Å². The van der Waals surface area contributed by atoms with Crippen LogP contribution in [0.4, 0.5) is 0 Å². The fourth-order valence-electron chi connectivity index (χ4n) is 5.22. The van der Waals surface area contributed by atoms with Gasteiger partial charge >= 0.3 is 13.8 Å². The first-order valence-electron chi connectivity index (χ1n) is 22.0. The van der Waals surface area contributed by atoms with E-state index >= 15 is 0 Å². The van der Waals surface area contributed by atoms with Crippen molar-refractivity contribution in [2.24, 2.45) is 5.73 Å². The van der Waals surface area contributed by atoms with E-state index in [0.29, 0.717) is 13.0 Å². The highest BCUT2D eigenvalue weighted by molar-refractivity contribution is 7.47. The number of esters is 1. The van der Waals surface area contributed by atoms with Gasteiger partial charge in [0.2, 0.25) is 0 Å². The summed E-state index contributed by atoms with van der Waals surface area (Å²) in [7, 11) is -4.31. The molecule has 2 unspecified atom stereocenters. The first kappa shape index (κ1) is 54.9. The summed E-state index contributed by atoms with van der Waals surface area (Å²) in [5.74, 6) is -0.377. The van der Waals surface area contributed by atoms with Crippen molar-refractivity contribution in [3.63, 3.8) is 0 Å². The minimum Gasteiger partial charge on any atom is -0.457 e. The molecule has 0 aromatic rings. The van der Waals surface area contributed by atoms with E-state index in [4.69, 9.17) is 24.3 Å². The van der Waals surface area contributed by atoms with Gasteiger partial charge in [-0.3, -0.25) is 13.8 Å². The van der Waals surface area contributed by atoms with E-state index in [9.17, 15) is 14.3 Å². The van der Waals surface area contributed by atoms with Crippen LogP contribution in [-0.2, 0) is 27.9 Å². The lowest BCUT2D eigenvalue weighted by Gasteiger charge is -2.20. The number of carbonyl (C=O) groups excluding carboxylic acids is 1. The lowest BCUT2D eigenvalue weighted by Crippen LogP contribution is -2.28. The average Bonchev–Trinajstić information content (AvgIpc) is 3.21. The summed E-state index contributed by atoms with van der Waals surface area (Å²) < 4.78 is 33.4. The van der Waals surface area contributed by atoms with Gasteiger partial charge in [0.1, 0.15) is 6.10 Å². The van der Waals surface area contributed by atoms with Crippen molar-refractivity contribution in [3.8, 4) is 0 Å². The number of rotatable bonds is 40. The monoisotopic (exact) mass is 826 g/mol. The van der Waals surface area contributed by atoms with E-state index in [1.807, 2.05) is 0 Å². The molecule has 58 heavy (non-hydrogen) atoms. The molecule has 8 nitrogen and oxygen atoms in total. The highest BCUT2D eigenvalue weighted by atomic mass is 31.2. The van der Waals surface area contributed by atoms with Crippen molar-refractivity contribution < 1.29 is 32.8 Å². The summed E-state index contributed by atoms with van der Waals surface area (Å²) in [6.45, 7) is 4.54. The molecular weight excluding hydrogens is 746 g/mol. The molecule has 9 heteroatoms. The number of hydrogen-bond acceptors (Lipinski definition) is 7. The highest BCUT2D eigenvalue weighted by Crippen LogP contribution is 2.43. The summed E-state index contributed by atoms with van der Waals surface area (Å²) in [6.07, 6.45) is 62.2. The zero-order chi connectivity index (χ0) is 42.3. The molecule has 328 valence electrons. The smallest absolute Gasteiger partial charge is 0.457 e. The Bertz CT molecular complexity index is 1290. The highest BCUT2D eigenvalue weighted by Gasteiger charge is 2.25. The molecule has 0 aliphatic carbocycles. The van der Waals surface area contributed by atoms with Gasteiger partial charge in [0.25, 0.3) is 0 Å². The zero-order valence-corrected chi connectivity index (χ0v) is 37.1. The van der Waals surface area contributed by atoms with Gasteiger partial charge in [0.05, 0.1) is 19.8 Å². The van der Waals surface area contributed by atoms with Crippen molar-refractivity contribution in [1.29, 1.82) is 0 Å². The first-order chi connectivity index (χ1) is 28.4. The molecule has 0 heterocycles. The van der Waals surface area contributed by atoms with Crippen molar-refractivity contribution >= 4 is 13.8 Å². The Hall–Kier alpha value is -3.10. The predicted octanol–water partition coefficient (Wildman–Crippen LogP) is 13.4. The van der Waals surface area contributed by atoms with Gasteiger partial charge in [-0.25, -0.2) is 4.57 Å². The van der Waals surface area contributed by atoms with Crippen LogP contribution in [0.1, 0.15) is 142 Å².